The number of hydrogen-bond acceptors (Lipinski definition) is 4. The van der Waals surface area contributed by atoms with Gasteiger partial charge in [0.25, 0.3) is 0 Å². The first-order valence-electron chi connectivity index (χ1n) is 5.21. The van der Waals surface area contributed by atoms with E-state index in [1.54, 1.807) is 6.92 Å². The van der Waals surface area contributed by atoms with Crippen molar-refractivity contribution in [2.45, 2.75) is 45.8 Å². The molecule has 1 aromatic rings. The first-order chi connectivity index (χ1) is 7.08. The Hall–Kier alpha value is -0.740. The monoisotopic (exact) mass is 225 g/mol. The maximum Gasteiger partial charge on any atom is 0.171 e. The molecule has 15 heavy (non-hydrogen) atoms. The molecule has 82 valence electrons. The molecule has 0 radical (unpaired) electrons. The lowest BCUT2D eigenvalue weighted by atomic mass is 10.2. The third-order valence-electron chi connectivity index (χ3n) is 2.64. The molecule has 0 aliphatic carbocycles. The highest BCUT2D eigenvalue weighted by molar-refractivity contribution is 7.13. The molecular weight excluding hydrogens is 210 g/mol. The largest absolute Gasteiger partial charge is 0.368 e. The Bertz CT molecular complexity index is 386. The lowest BCUT2D eigenvalue weighted by molar-refractivity contribution is 0.0553. The Kier molecular flexibility index (Phi) is 2.89. The van der Waals surface area contributed by atoms with Crippen LogP contribution in [0.3, 0.4) is 0 Å². The van der Waals surface area contributed by atoms with Crippen LogP contribution in [0.5, 0.6) is 0 Å². The predicted molar refractivity (Wildman–Crippen MR) is 59.4 cm³/mol. The second-order valence-corrected chi connectivity index (χ2v) is 5.07. The van der Waals surface area contributed by atoms with Crippen LogP contribution in [0.2, 0.25) is 0 Å². The Morgan fingerprint density at radius 2 is 2.27 bits per heavy atom. The standard InChI is InChI=1S/C11H15NO2S/c1-6-4-5-9(14-6)11-12-7(2)10(15-11)8(3)13/h6,9H,4-5H2,1-3H3. The number of aromatic nitrogens is 1. The van der Waals surface area contributed by atoms with E-state index in [1.807, 2.05) is 6.92 Å². The van der Waals surface area contributed by atoms with Gasteiger partial charge in [-0.15, -0.1) is 11.3 Å². The molecule has 2 heterocycles. The van der Waals surface area contributed by atoms with E-state index in [2.05, 4.69) is 11.9 Å². The molecule has 2 rings (SSSR count). The Balaban J connectivity index is 2.23. The van der Waals surface area contributed by atoms with Gasteiger partial charge in [-0.1, -0.05) is 0 Å². The fourth-order valence-electron chi connectivity index (χ4n) is 1.87. The maximum absolute atomic E-state index is 11.3. The third-order valence-corrected chi connectivity index (χ3v) is 3.99. The van der Waals surface area contributed by atoms with Crippen molar-refractivity contribution >= 4 is 17.1 Å². The van der Waals surface area contributed by atoms with Gasteiger partial charge in [0.1, 0.15) is 11.1 Å². The maximum atomic E-state index is 11.3. The first kappa shape index (κ1) is 10.8. The van der Waals surface area contributed by atoms with Crippen molar-refractivity contribution in [2.75, 3.05) is 0 Å². The average molecular weight is 225 g/mol. The number of thiazole rings is 1. The molecular formula is C11H15NO2S. The van der Waals surface area contributed by atoms with Crippen molar-refractivity contribution in [1.29, 1.82) is 0 Å². The number of carbonyl (C=O) groups excluding carboxylic acids is 1. The second-order valence-electron chi connectivity index (χ2n) is 4.04. The number of nitrogens with zero attached hydrogens (tertiary/aromatic N) is 1. The fourth-order valence-corrected chi connectivity index (χ4v) is 2.90. The summed E-state index contributed by atoms with van der Waals surface area (Å²) in [5.41, 5.74) is 0.839. The molecule has 0 aromatic carbocycles. The van der Waals surface area contributed by atoms with Crippen molar-refractivity contribution in [1.82, 2.24) is 4.98 Å². The summed E-state index contributed by atoms with van der Waals surface area (Å²) < 4.78 is 5.73. The van der Waals surface area contributed by atoms with E-state index in [9.17, 15) is 4.79 Å². The van der Waals surface area contributed by atoms with Crippen LogP contribution in [-0.4, -0.2) is 16.9 Å². The highest BCUT2D eigenvalue weighted by Gasteiger charge is 2.27. The summed E-state index contributed by atoms with van der Waals surface area (Å²) in [7, 11) is 0. The molecule has 1 aromatic heterocycles. The summed E-state index contributed by atoms with van der Waals surface area (Å²) >= 11 is 1.48. The van der Waals surface area contributed by atoms with Crippen molar-refractivity contribution in [3.05, 3.63) is 15.6 Å². The van der Waals surface area contributed by atoms with Crippen molar-refractivity contribution in [3.63, 3.8) is 0 Å². The number of ether oxygens (including phenoxy) is 1. The molecule has 1 aliphatic rings. The normalized spacial score (nSPS) is 25.8. The minimum atomic E-state index is 0.0993. The minimum Gasteiger partial charge on any atom is -0.368 e. The van der Waals surface area contributed by atoms with Gasteiger partial charge in [0, 0.05) is 6.92 Å². The van der Waals surface area contributed by atoms with Crippen LogP contribution < -0.4 is 0 Å². The third kappa shape index (κ3) is 2.11. The fraction of sp³-hybridized carbons (Fsp3) is 0.636. The molecule has 3 nitrogen and oxygen atoms in total. The van der Waals surface area contributed by atoms with Gasteiger partial charge in [-0.3, -0.25) is 4.79 Å². The molecule has 0 bridgehead atoms. The van der Waals surface area contributed by atoms with E-state index in [-0.39, 0.29) is 11.9 Å². The molecule has 1 aliphatic heterocycles. The molecule has 2 unspecified atom stereocenters. The van der Waals surface area contributed by atoms with E-state index in [0.29, 0.717) is 6.10 Å². The van der Waals surface area contributed by atoms with Gasteiger partial charge in [0.05, 0.1) is 16.7 Å². The van der Waals surface area contributed by atoms with Gasteiger partial charge in [-0.25, -0.2) is 4.98 Å². The number of hydrogen-bond donors (Lipinski definition) is 0. The minimum absolute atomic E-state index is 0.0993. The number of aryl methyl sites for hydroxylation is 1. The number of ketones is 1. The molecule has 2 atom stereocenters. The Labute approximate surface area is 93.5 Å². The van der Waals surface area contributed by atoms with Gasteiger partial charge in [0.15, 0.2) is 5.78 Å². The molecule has 1 saturated heterocycles. The van der Waals surface area contributed by atoms with E-state index >= 15 is 0 Å². The summed E-state index contributed by atoms with van der Waals surface area (Å²) in [5.74, 6) is 0.0993. The zero-order chi connectivity index (χ0) is 11.0. The summed E-state index contributed by atoms with van der Waals surface area (Å²) in [4.78, 5) is 16.5. The topological polar surface area (TPSA) is 39.2 Å². The van der Waals surface area contributed by atoms with Crippen LogP contribution in [0, 0.1) is 6.92 Å². The summed E-state index contributed by atoms with van der Waals surface area (Å²) in [6, 6.07) is 0. The van der Waals surface area contributed by atoms with Crippen molar-refractivity contribution in [2.24, 2.45) is 0 Å². The number of Topliss-reactive ketones (excluding diaryl/α,β-unsaturated/α-hetero) is 1. The predicted octanol–water partition coefficient (Wildman–Crippen LogP) is 2.89. The van der Waals surface area contributed by atoms with E-state index in [4.69, 9.17) is 4.74 Å². The zero-order valence-corrected chi connectivity index (χ0v) is 10.1. The van der Waals surface area contributed by atoms with Gasteiger partial charge < -0.3 is 4.74 Å². The molecule has 0 saturated carbocycles. The lowest BCUT2D eigenvalue weighted by Gasteiger charge is -2.06. The zero-order valence-electron chi connectivity index (χ0n) is 9.24. The molecule has 0 spiro atoms. The SMILES string of the molecule is CC(=O)c1sc(C2CCC(C)O2)nc1C. The Morgan fingerprint density at radius 1 is 1.53 bits per heavy atom. The summed E-state index contributed by atoms with van der Waals surface area (Å²) in [5, 5.41) is 0.960. The van der Waals surface area contributed by atoms with Crippen LogP contribution in [0.4, 0.5) is 0 Å². The second kappa shape index (κ2) is 4.02. The highest BCUT2D eigenvalue weighted by atomic mass is 32.1. The molecule has 1 fully saturated rings. The number of rotatable bonds is 2. The Morgan fingerprint density at radius 3 is 2.73 bits per heavy atom. The summed E-state index contributed by atoms with van der Waals surface area (Å²) in [6.45, 7) is 5.55. The van der Waals surface area contributed by atoms with Crippen molar-refractivity contribution in [3.8, 4) is 0 Å². The molecule has 0 N–H and O–H groups in total. The molecule has 4 heteroatoms. The van der Waals surface area contributed by atoms with Gasteiger partial charge >= 0.3 is 0 Å². The first-order valence-corrected chi connectivity index (χ1v) is 6.03. The van der Waals surface area contributed by atoms with Crippen LogP contribution >= 0.6 is 11.3 Å². The van der Waals surface area contributed by atoms with E-state index < -0.39 is 0 Å². The van der Waals surface area contributed by atoms with Crippen molar-refractivity contribution < 1.29 is 9.53 Å². The van der Waals surface area contributed by atoms with Crippen LogP contribution in [0.1, 0.15) is 53.2 Å². The smallest absolute Gasteiger partial charge is 0.171 e. The average Bonchev–Trinajstić information content (AvgIpc) is 2.71. The lowest BCUT2D eigenvalue weighted by Crippen LogP contribution is -2.00. The number of carbonyl (C=O) groups is 1. The quantitative estimate of drug-likeness (QED) is 0.726. The molecule has 0 amide bonds. The summed E-state index contributed by atoms with van der Waals surface area (Å²) in [6.07, 6.45) is 2.53. The van der Waals surface area contributed by atoms with Gasteiger partial charge in [0.2, 0.25) is 0 Å². The van der Waals surface area contributed by atoms with Crippen LogP contribution in [0.25, 0.3) is 0 Å². The van der Waals surface area contributed by atoms with Gasteiger partial charge in [-0.2, -0.15) is 0 Å². The van der Waals surface area contributed by atoms with Crippen LogP contribution in [0.15, 0.2) is 0 Å². The van der Waals surface area contributed by atoms with Gasteiger partial charge in [-0.05, 0) is 26.7 Å². The van der Waals surface area contributed by atoms with Crippen LogP contribution in [-0.2, 0) is 4.74 Å². The highest BCUT2D eigenvalue weighted by Crippen LogP contribution is 2.35. The van der Waals surface area contributed by atoms with E-state index in [0.717, 1.165) is 28.4 Å². The van der Waals surface area contributed by atoms with E-state index in [1.165, 1.54) is 11.3 Å².